The molecule has 74 valence electrons. The summed E-state index contributed by atoms with van der Waals surface area (Å²) >= 11 is 0. The van der Waals surface area contributed by atoms with Crippen LogP contribution in [0, 0.1) is 0 Å². The van der Waals surface area contributed by atoms with E-state index in [0.717, 1.165) is 0 Å². The van der Waals surface area contributed by atoms with E-state index in [0.29, 0.717) is 13.0 Å². The zero-order valence-electron chi connectivity index (χ0n) is 7.87. The van der Waals surface area contributed by atoms with E-state index in [1.807, 2.05) is 6.92 Å². The highest BCUT2D eigenvalue weighted by Gasteiger charge is 2.32. The van der Waals surface area contributed by atoms with Crippen molar-refractivity contribution in [1.82, 2.24) is 10.2 Å². The first kappa shape index (κ1) is 9.98. The van der Waals surface area contributed by atoms with Crippen molar-refractivity contribution in [2.45, 2.75) is 19.4 Å². The van der Waals surface area contributed by atoms with Crippen molar-refractivity contribution in [2.75, 3.05) is 20.3 Å². The molecule has 1 N–H and O–H groups in total. The summed E-state index contributed by atoms with van der Waals surface area (Å²) in [6.45, 7) is 2.51. The molecule has 5 heteroatoms. The second-order valence-corrected chi connectivity index (χ2v) is 3.05. The highest BCUT2D eigenvalue weighted by Crippen LogP contribution is 2.08. The number of urea groups is 1. The van der Waals surface area contributed by atoms with Crippen molar-refractivity contribution in [1.29, 1.82) is 0 Å². The minimum absolute atomic E-state index is 0.0880. The molecule has 0 aromatic carbocycles. The number of hydrogen-bond acceptors (Lipinski definition) is 3. The summed E-state index contributed by atoms with van der Waals surface area (Å²) in [7, 11) is 1.60. The highest BCUT2D eigenvalue weighted by molar-refractivity contribution is 6.02. The molecule has 1 aliphatic heterocycles. The zero-order chi connectivity index (χ0) is 9.84. The third kappa shape index (κ3) is 2.18. The molecule has 1 aliphatic rings. The third-order valence-corrected chi connectivity index (χ3v) is 2.06. The molecule has 0 aliphatic carbocycles. The van der Waals surface area contributed by atoms with Crippen LogP contribution >= 0.6 is 0 Å². The maximum Gasteiger partial charge on any atom is 0.324 e. The Balaban J connectivity index is 2.49. The Morgan fingerprint density at radius 1 is 1.62 bits per heavy atom. The molecule has 0 aromatic heterocycles. The van der Waals surface area contributed by atoms with Gasteiger partial charge in [-0.1, -0.05) is 0 Å². The van der Waals surface area contributed by atoms with E-state index in [2.05, 4.69) is 5.32 Å². The fourth-order valence-electron chi connectivity index (χ4n) is 1.30. The molecule has 0 saturated carbocycles. The maximum atomic E-state index is 11.2. The van der Waals surface area contributed by atoms with E-state index in [4.69, 9.17) is 4.74 Å². The number of carbonyl (C=O) groups excluding carboxylic acids is 2. The Labute approximate surface area is 77.0 Å². The van der Waals surface area contributed by atoms with Gasteiger partial charge >= 0.3 is 6.03 Å². The second-order valence-electron chi connectivity index (χ2n) is 3.05. The summed E-state index contributed by atoms with van der Waals surface area (Å²) in [5.74, 6) is -0.159. The Morgan fingerprint density at radius 2 is 2.31 bits per heavy atom. The number of hydrogen-bond donors (Lipinski definition) is 1. The summed E-state index contributed by atoms with van der Waals surface area (Å²) < 4.78 is 4.87. The highest BCUT2D eigenvalue weighted by atomic mass is 16.5. The maximum absolute atomic E-state index is 11.2. The van der Waals surface area contributed by atoms with Crippen LogP contribution < -0.4 is 5.32 Å². The molecule has 1 atom stereocenters. The number of ether oxygens (including phenoxy) is 1. The van der Waals surface area contributed by atoms with E-state index in [-0.39, 0.29) is 24.5 Å². The Bertz CT molecular complexity index is 201. The lowest BCUT2D eigenvalue weighted by molar-refractivity contribution is -0.126. The van der Waals surface area contributed by atoms with Crippen molar-refractivity contribution in [3.63, 3.8) is 0 Å². The van der Waals surface area contributed by atoms with Gasteiger partial charge in [-0.05, 0) is 13.3 Å². The van der Waals surface area contributed by atoms with E-state index < -0.39 is 0 Å². The molecule has 5 nitrogen and oxygen atoms in total. The fraction of sp³-hybridized carbons (Fsp3) is 0.750. The second kappa shape index (κ2) is 4.23. The predicted octanol–water partition coefficient (Wildman–Crippen LogP) is -0.0368. The molecule has 1 fully saturated rings. The number of nitrogens with one attached hydrogen (secondary N) is 1. The van der Waals surface area contributed by atoms with Crippen molar-refractivity contribution >= 4 is 11.9 Å². The monoisotopic (exact) mass is 186 g/mol. The van der Waals surface area contributed by atoms with Gasteiger partial charge in [-0.25, -0.2) is 4.79 Å². The van der Waals surface area contributed by atoms with Gasteiger partial charge in [-0.15, -0.1) is 0 Å². The molecule has 0 aromatic rings. The zero-order valence-corrected chi connectivity index (χ0v) is 7.87. The van der Waals surface area contributed by atoms with Crippen LogP contribution in [0.4, 0.5) is 4.79 Å². The van der Waals surface area contributed by atoms with E-state index in [1.54, 1.807) is 7.11 Å². The van der Waals surface area contributed by atoms with Crippen LogP contribution in [0.15, 0.2) is 0 Å². The van der Waals surface area contributed by atoms with Crippen LogP contribution in [-0.2, 0) is 9.53 Å². The van der Waals surface area contributed by atoms with E-state index in [1.165, 1.54) is 4.90 Å². The van der Waals surface area contributed by atoms with Crippen molar-refractivity contribution in [3.05, 3.63) is 0 Å². The van der Waals surface area contributed by atoms with Crippen molar-refractivity contribution in [3.8, 4) is 0 Å². The average molecular weight is 186 g/mol. The fourth-order valence-corrected chi connectivity index (χ4v) is 1.30. The first-order chi connectivity index (χ1) is 6.16. The summed E-state index contributed by atoms with van der Waals surface area (Å²) in [4.78, 5) is 23.6. The number of methoxy groups -OCH3 is 1. The first-order valence-electron chi connectivity index (χ1n) is 4.25. The lowest BCUT2D eigenvalue weighted by Gasteiger charge is -2.20. The van der Waals surface area contributed by atoms with Crippen molar-refractivity contribution < 1.29 is 14.3 Å². The predicted molar refractivity (Wildman–Crippen MR) is 46.2 cm³/mol. The average Bonchev–Trinajstić information content (AvgIpc) is 2.42. The molecule has 13 heavy (non-hydrogen) atoms. The quantitative estimate of drug-likeness (QED) is 0.627. The van der Waals surface area contributed by atoms with Gasteiger partial charge in [-0.3, -0.25) is 9.69 Å². The summed E-state index contributed by atoms with van der Waals surface area (Å²) in [6, 6.07) is -0.386. The number of imide groups is 1. The number of amides is 3. The first-order valence-corrected chi connectivity index (χ1v) is 4.25. The van der Waals surface area contributed by atoms with E-state index in [9.17, 15) is 9.59 Å². The smallest absolute Gasteiger partial charge is 0.324 e. The Morgan fingerprint density at radius 3 is 2.77 bits per heavy atom. The van der Waals surface area contributed by atoms with Gasteiger partial charge in [0.2, 0.25) is 5.91 Å². The summed E-state index contributed by atoms with van der Waals surface area (Å²) in [6.07, 6.45) is 0.676. The number of rotatable bonds is 4. The lowest BCUT2D eigenvalue weighted by atomic mass is 10.2. The largest absolute Gasteiger partial charge is 0.385 e. The van der Waals surface area contributed by atoms with E-state index >= 15 is 0 Å². The molecule has 1 saturated heterocycles. The van der Waals surface area contributed by atoms with Gasteiger partial charge in [0.15, 0.2) is 0 Å². The topological polar surface area (TPSA) is 58.6 Å². The molecule has 3 amide bonds. The molecular formula is C8H14N2O3. The SMILES string of the molecule is COCCC(C)N1C(=O)CNC1=O. The lowest BCUT2D eigenvalue weighted by Crippen LogP contribution is -2.39. The molecule has 1 unspecified atom stereocenters. The minimum atomic E-state index is -0.298. The molecular weight excluding hydrogens is 172 g/mol. The molecule has 0 radical (unpaired) electrons. The standard InChI is InChI=1S/C8H14N2O3/c1-6(3-4-13-2)10-7(11)5-9-8(10)12/h6H,3-5H2,1-2H3,(H,9,12). The number of nitrogens with zero attached hydrogens (tertiary/aromatic N) is 1. The summed E-state index contributed by atoms with van der Waals surface area (Å²) in [5.41, 5.74) is 0. The summed E-state index contributed by atoms with van der Waals surface area (Å²) in [5, 5.41) is 2.47. The normalized spacial score (nSPS) is 19.1. The van der Waals surface area contributed by atoms with Gasteiger partial charge in [0.25, 0.3) is 0 Å². The van der Waals surface area contributed by atoms with Crippen LogP contribution in [0.25, 0.3) is 0 Å². The molecule has 0 spiro atoms. The third-order valence-electron chi connectivity index (χ3n) is 2.06. The van der Waals surface area contributed by atoms with Gasteiger partial charge in [0.1, 0.15) is 0 Å². The van der Waals surface area contributed by atoms with Crippen LogP contribution in [0.1, 0.15) is 13.3 Å². The Hall–Kier alpha value is -1.10. The number of carbonyl (C=O) groups is 2. The Kier molecular flexibility index (Phi) is 3.25. The van der Waals surface area contributed by atoms with Gasteiger partial charge in [0.05, 0.1) is 6.54 Å². The van der Waals surface area contributed by atoms with Crippen LogP contribution in [0.5, 0.6) is 0 Å². The molecule has 0 bridgehead atoms. The molecule has 1 rings (SSSR count). The van der Waals surface area contributed by atoms with Gasteiger partial charge < -0.3 is 10.1 Å². The van der Waals surface area contributed by atoms with Crippen LogP contribution in [0.2, 0.25) is 0 Å². The van der Waals surface area contributed by atoms with Gasteiger partial charge in [-0.2, -0.15) is 0 Å². The van der Waals surface area contributed by atoms with Crippen LogP contribution in [-0.4, -0.2) is 43.1 Å². The molecule has 1 heterocycles. The van der Waals surface area contributed by atoms with Crippen LogP contribution in [0.3, 0.4) is 0 Å². The minimum Gasteiger partial charge on any atom is -0.385 e. The van der Waals surface area contributed by atoms with Gasteiger partial charge in [0, 0.05) is 19.8 Å². The van der Waals surface area contributed by atoms with Crippen molar-refractivity contribution in [2.24, 2.45) is 0 Å².